The quantitative estimate of drug-likeness (QED) is 0.814. The third-order valence-electron chi connectivity index (χ3n) is 2.76. The SMILES string of the molecule is C=CCN1C(=O)N=C(N)C1c1ccccc1C#N. The van der Waals surface area contributed by atoms with Gasteiger partial charge in [0.25, 0.3) is 0 Å². The van der Waals surface area contributed by atoms with Crippen LogP contribution in [-0.2, 0) is 0 Å². The maximum Gasteiger partial charge on any atom is 0.346 e. The maximum atomic E-state index is 11.7. The van der Waals surface area contributed by atoms with Gasteiger partial charge >= 0.3 is 6.03 Å². The second-order valence-corrected chi connectivity index (χ2v) is 3.86. The van der Waals surface area contributed by atoms with Gasteiger partial charge in [-0.15, -0.1) is 6.58 Å². The average Bonchev–Trinajstić information content (AvgIpc) is 2.65. The molecule has 0 saturated heterocycles. The molecule has 0 radical (unpaired) electrons. The molecular weight excluding hydrogens is 228 g/mol. The number of nitrogens with two attached hydrogens (primary N) is 1. The smallest absolute Gasteiger partial charge is 0.346 e. The number of nitriles is 1. The van der Waals surface area contributed by atoms with Crippen LogP contribution in [0.1, 0.15) is 17.2 Å². The van der Waals surface area contributed by atoms with Crippen LogP contribution in [0.2, 0.25) is 0 Å². The van der Waals surface area contributed by atoms with E-state index in [1.165, 1.54) is 4.90 Å². The van der Waals surface area contributed by atoms with Gasteiger partial charge in [0.2, 0.25) is 0 Å². The van der Waals surface area contributed by atoms with Crippen LogP contribution >= 0.6 is 0 Å². The molecule has 5 nitrogen and oxygen atoms in total. The van der Waals surface area contributed by atoms with Gasteiger partial charge in [0.05, 0.1) is 11.6 Å². The number of carbonyl (C=O) groups excluding carboxylic acids is 1. The van der Waals surface area contributed by atoms with Crippen LogP contribution in [0.4, 0.5) is 4.79 Å². The Labute approximate surface area is 105 Å². The summed E-state index contributed by atoms with van der Waals surface area (Å²) in [6.45, 7) is 3.94. The Kier molecular flexibility index (Phi) is 3.11. The first kappa shape index (κ1) is 11.9. The van der Waals surface area contributed by atoms with Crippen LogP contribution in [0.25, 0.3) is 0 Å². The molecule has 0 spiro atoms. The average molecular weight is 240 g/mol. The van der Waals surface area contributed by atoms with Crippen molar-refractivity contribution in [2.75, 3.05) is 6.54 Å². The lowest BCUT2D eigenvalue weighted by Crippen LogP contribution is -2.33. The van der Waals surface area contributed by atoms with E-state index in [1.54, 1.807) is 30.3 Å². The van der Waals surface area contributed by atoms with Crippen molar-refractivity contribution in [3.8, 4) is 6.07 Å². The molecule has 1 aliphatic heterocycles. The zero-order chi connectivity index (χ0) is 13.1. The summed E-state index contributed by atoms with van der Waals surface area (Å²) < 4.78 is 0. The summed E-state index contributed by atoms with van der Waals surface area (Å²) in [6, 6.07) is 8.26. The van der Waals surface area contributed by atoms with Gasteiger partial charge in [-0.25, -0.2) is 4.79 Å². The lowest BCUT2D eigenvalue weighted by Gasteiger charge is -2.23. The molecular formula is C13H12N4O. The first-order valence-corrected chi connectivity index (χ1v) is 5.43. The predicted octanol–water partition coefficient (Wildman–Crippen LogP) is 1.58. The molecule has 2 rings (SSSR count). The summed E-state index contributed by atoms with van der Waals surface area (Å²) in [6.07, 6.45) is 1.61. The third-order valence-corrected chi connectivity index (χ3v) is 2.76. The molecule has 1 aromatic carbocycles. The molecule has 0 saturated carbocycles. The minimum atomic E-state index is -0.480. The van der Waals surface area contributed by atoms with Crippen molar-refractivity contribution in [3.05, 3.63) is 48.0 Å². The highest BCUT2D eigenvalue weighted by Gasteiger charge is 2.34. The zero-order valence-electron chi connectivity index (χ0n) is 9.71. The second kappa shape index (κ2) is 4.72. The minimum Gasteiger partial charge on any atom is -0.385 e. The van der Waals surface area contributed by atoms with Gasteiger partial charge in [-0.1, -0.05) is 24.3 Å². The Balaban J connectivity index is 2.48. The van der Waals surface area contributed by atoms with E-state index in [0.29, 0.717) is 17.7 Å². The molecule has 5 heteroatoms. The Hall–Kier alpha value is -2.61. The number of nitrogens with zero attached hydrogens (tertiary/aromatic N) is 3. The van der Waals surface area contributed by atoms with E-state index in [4.69, 9.17) is 11.0 Å². The summed E-state index contributed by atoms with van der Waals surface area (Å²) in [7, 11) is 0. The minimum absolute atomic E-state index is 0.213. The molecule has 1 heterocycles. The maximum absolute atomic E-state index is 11.7. The van der Waals surface area contributed by atoms with E-state index in [9.17, 15) is 4.79 Å². The van der Waals surface area contributed by atoms with Gasteiger partial charge in [0.1, 0.15) is 11.9 Å². The Morgan fingerprint density at radius 3 is 2.94 bits per heavy atom. The summed E-state index contributed by atoms with van der Waals surface area (Å²) in [4.78, 5) is 16.9. The molecule has 1 atom stereocenters. The van der Waals surface area contributed by atoms with Gasteiger partial charge in [-0.05, 0) is 6.07 Å². The number of urea groups is 1. The van der Waals surface area contributed by atoms with Crippen molar-refractivity contribution < 1.29 is 4.79 Å². The van der Waals surface area contributed by atoms with Gasteiger partial charge in [0.15, 0.2) is 0 Å². The van der Waals surface area contributed by atoms with E-state index < -0.39 is 12.1 Å². The van der Waals surface area contributed by atoms with Crippen LogP contribution in [0.15, 0.2) is 41.9 Å². The number of amidine groups is 1. The van der Waals surface area contributed by atoms with E-state index in [2.05, 4.69) is 17.6 Å². The highest BCUT2D eigenvalue weighted by atomic mass is 16.2. The molecule has 0 aliphatic carbocycles. The number of benzene rings is 1. The Bertz CT molecular complexity index is 571. The molecule has 0 aromatic heterocycles. The summed E-state index contributed by atoms with van der Waals surface area (Å²) in [5.74, 6) is 0.213. The lowest BCUT2D eigenvalue weighted by molar-refractivity contribution is 0.213. The summed E-state index contributed by atoms with van der Waals surface area (Å²) in [5, 5.41) is 9.09. The molecule has 2 N–H and O–H groups in total. The summed E-state index contributed by atoms with van der Waals surface area (Å²) >= 11 is 0. The first-order chi connectivity index (χ1) is 8.69. The van der Waals surface area contributed by atoms with E-state index in [1.807, 2.05) is 0 Å². The predicted molar refractivity (Wildman–Crippen MR) is 67.8 cm³/mol. The van der Waals surface area contributed by atoms with Crippen LogP contribution in [0.3, 0.4) is 0 Å². The van der Waals surface area contributed by atoms with Crippen molar-refractivity contribution >= 4 is 11.9 Å². The fourth-order valence-corrected chi connectivity index (χ4v) is 1.99. The van der Waals surface area contributed by atoms with Crippen molar-refractivity contribution in [1.29, 1.82) is 5.26 Å². The number of carbonyl (C=O) groups is 1. The van der Waals surface area contributed by atoms with Crippen LogP contribution in [0, 0.1) is 11.3 Å². The molecule has 1 aliphatic rings. The van der Waals surface area contributed by atoms with Crippen LogP contribution < -0.4 is 5.73 Å². The Morgan fingerprint density at radius 2 is 2.28 bits per heavy atom. The van der Waals surface area contributed by atoms with Crippen molar-refractivity contribution in [3.63, 3.8) is 0 Å². The van der Waals surface area contributed by atoms with Crippen LogP contribution in [-0.4, -0.2) is 23.3 Å². The van der Waals surface area contributed by atoms with E-state index in [-0.39, 0.29) is 5.84 Å². The fourth-order valence-electron chi connectivity index (χ4n) is 1.99. The van der Waals surface area contributed by atoms with Crippen LogP contribution in [0.5, 0.6) is 0 Å². The first-order valence-electron chi connectivity index (χ1n) is 5.43. The van der Waals surface area contributed by atoms with Crippen molar-refractivity contribution in [1.82, 2.24) is 4.90 Å². The molecule has 18 heavy (non-hydrogen) atoms. The zero-order valence-corrected chi connectivity index (χ0v) is 9.71. The number of aliphatic imine (C=N–C) groups is 1. The number of rotatable bonds is 3. The second-order valence-electron chi connectivity index (χ2n) is 3.86. The van der Waals surface area contributed by atoms with Gasteiger partial charge in [0, 0.05) is 12.1 Å². The highest BCUT2D eigenvalue weighted by Crippen LogP contribution is 2.28. The third kappa shape index (κ3) is 1.84. The monoisotopic (exact) mass is 240 g/mol. The normalized spacial score (nSPS) is 18.4. The number of hydrogen-bond donors (Lipinski definition) is 1. The lowest BCUT2D eigenvalue weighted by atomic mass is 9.99. The van der Waals surface area contributed by atoms with E-state index in [0.717, 1.165) is 0 Å². The van der Waals surface area contributed by atoms with Gasteiger partial charge < -0.3 is 10.6 Å². The van der Waals surface area contributed by atoms with E-state index >= 15 is 0 Å². The Morgan fingerprint density at radius 1 is 1.56 bits per heavy atom. The topological polar surface area (TPSA) is 82.5 Å². The largest absolute Gasteiger partial charge is 0.385 e. The van der Waals surface area contributed by atoms with Crippen molar-refractivity contribution in [2.24, 2.45) is 10.7 Å². The van der Waals surface area contributed by atoms with Gasteiger partial charge in [-0.3, -0.25) is 0 Å². The molecule has 2 amide bonds. The van der Waals surface area contributed by atoms with Crippen molar-refractivity contribution in [2.45, 2.75) is 6.04 Å². The standard InChI is InChI=1S/C13H12N4O/c1-2-7-17-11(12(15)16-13(17)18)10-6-4-3-5-9(10)8-14/h2-6,11H,1,7H2,(H2,15,16,18). The molecule has 1 aromatic rings. The summed E-state index contributed by atoms with van der Waals surface area (Å²) in [5.41, 5.74) is 6.97. The number of hydrogen-bond acceptors (Lipinski definition) is 3. The molecule has 1 unspecified atom stereocenters. The highest BCUT2D eigenvalue weighted by molar-refractivity contribution is 6.03. The fraction of sp³-hybridized carbons (Fsp3) is 0.154. The molecule has 90 valence electrons. The molecule has 0 fully saturated rings. The van der Waals surface area contributed by atoms with Gasteiger partial charge in [-0.2, -0.15) is 10.3 Å². The number of amides is 2. The molecule has 0 bridgehead atoms.